The van der Waals surface area contributed by atoms with Crippen LogP contribution in [0.3, 0.4) is 0 Å². The number of nitrogens with zero attached hydrogens (tertiary/aromatic N) is 2. The van der Waals surface area contributed by atoms with Crippen molar-refractivity contribution < 1.29 is 9.90 Å². The van der Waals surface area contributed by atoms with E-state index in [0.29, 0.717) is 0 Å². The van der Waals surface area contributed by atoms with E-state index in [9.17, 15) is 4.79 Å². The minimum absolute atomic E-state index is 0.125. The third kappa shape index (κ3) is 2.49. The number of aryl methyl sites for hydroxylation is 1. The summed E-state index contributed by atoms with van der Waals surface area (Å²) < 4.78 is 2.08. The van der Waals surface area contributed by atoms with Crippen LogP contribution >= 0.6 is 0 Å². The summed E-state index contributed by atoms with van der Waals surface area (Å²) in [6, 6.07) is 0.125. The van der Waals surface area contributed by atoms with E-state index in [1.165, 1.54) is 0 Å². The van der Waals surface area contributed by atoms with Crippen molar-refractivity contribution in [3.8, 4) is 0 Å². The van der Waals surface area contributed by atoms with Gasteiger partial charge < -0.3 is 15.4 Å². The van der Waals surface area contributed by atoms with E-state index in [0.717, 1.165) is 50.2 Å². The summed E-state index contributed by atoms with van der Waals surface area (Å²) in [5, 5.41) is 9.13. The standard InChI is InChI=1S/C12H19N3O2/c1-8(13)5-6-10-14-11(12(16)17)9-4-2-3-7-15(9)10/h8H,2-7,13H2,1H3,(H,16,17). The Bertz CT molecular complexity index is 424. The summed E-state index contributed by atoms with van der Waals surface area (Å²) in [5.74, 6) is -0.0305. The molecular weight excluding hydrogens is 218 g/mol. The largest absolute Gasteiger partial charge is 0.476 e. The average Bonchev–Trinajstić information content (AvgIpc) is 2.65. The van der Waals surface area contributed by atoms with Crippen molar-refractivity contribution in [3.05, 3.63) is 17.2 Å². The SMILES string of the molecule is CC(N)CCc1nc(C(=O)O)c2n1CCCC2. The molecule has 2 heterocycles. The molecule has 0 aliphatic carbocycles. The molecule has 1 aromatic heterocycles. The number of hydrogen-bond acceptors (Lipinski definition) is 3. The van der Waals surface area contributed by atoms with E-state index in [1.807, 2.05) is 6.92 Å². The van der Waals surface area contributed by atoms with Gasteiger partial charge in [-0.15, -0.1) is 0 Å². The zero-order chi connectivity index (χ0) is 12.4. The Labute approximate surface area is 101 Å². The fourth-order valence-corrected chi connectivity index (χ4v) is 2.34. The zero-order valence-electron chi connectivity index (χ0n) is 10.1. The van der Waals surface area contributed by atoms with E-state index >= 15 is 0 Å². The minimum Gasteiger partial charge on any atom is -0.476 e. The Kier molecular flexibility index (Phi) is 3.47. The molecule has 0 amide bonds. The summed E-state index contributed by atoms with van der Waals surface area (Å²) in [4.78, 5) is 15.4. The molecule has 0 fully saturated rings. The van der Waals surface area contributed by atoms with Crippen molar-refractivity contribution in [2.75, 3.05) is 0 Å². The number of carbonyl (C=O) groups is 1. The molecule has 0 spiro atoms. The Morgan fingerprint density at radius 1 is 1.59 bits per heavy atom. The summed E-state index contributed by atoms with van der Waals surface area (Å²) in [6.45, 7) is 2.85. The monoisotopic (exact) mass is 237 g/mol. The van der Waals surface area contributed by atoms with E-state index in [-0.39, 0.29) is 11.7 Å². The smallest absolute Gasteiger partial charge is 0.356 e. The molecule has 17 heavy (non-hydrogen) atoms. The first-order valence-electron chi connectivity index (χ1n) is 6.16. The van der Waals surface area contributed by atoms with Crippen molar-refractivity contribution in [1.29, 1.82) is 0 Å². The third-order valence-electron chi connectivity index (χ3n) is 3.22. The fraction of sp³-hybridized carbons (Fsp3) is 0.667. The van der Waals surface area contributed by atoms with Gasteiger partial charge in [0, 0.05) is 19.0 Å². The maximum atomic E-state index is 11.1. The van der Waals surface area contributed by atoms with Crippen LogP contribution in [0.1, 0.15) is 48.2 Å². The lowest BCUT2D eigenvalue weighted by Gasteiger charge is -2.17. The van der Waals surface area contributed by atoms with E-state index in [1.54, 1.807) is 0 Å². The summed E-state index contributed by atoms with van der Waals surface area (Å²) in [7, 11) is 0. The number of imidazole rings is 1. The third-order valence-corrected chi connectivity index (χ3v) is 3.22. The molecule has 5 heteroatoms. The Morgan fingerprint density at radius 3 is 3.00 bits per heavy atom. The second-order valence-electron chi connectivity index (χ2n) is 4.75. The van der Waals surface area contributed by atoms with Crippen molar-refractivity contribution in [2.24, 2.45) is 5.73 Å². The number of aromatic carboxylic acids is 1. The van der Waals surface area contributed by atoms with Crippen molar-refractivity contribution in [1.82, 2.24) is 9.55 Å². The molecule has 1 aliphatic rings. The van der Waals surface area contributed by atoms with Crippen LogP contribution in [0.25, 0.3) is 0 Å². The minimum atomic E-state index is -0.914. The Hall–Kier alpha value is -1.36. The molecule has 0 radical (unpaired) electrons. The van der Waals surface area contributed by atoms with Gasteiger partial charge in [0.25, 0.3) is 0 Å². The van der Waals surface area contributed by atoms with Gasteiger partial charge in [0.1, 0.15) is 5.82 Å². The number of rotatable bonds is 4. The first kappa shape index (κ1) is 12.1. The molecule has 1 aromatic rings. The second-order valence-corrected chi connectivity index (χ2v) is 4.75. The number of fused-ring (bicyclic) bond motifs is 1. The number of aromatic nitrogens is 2. The van der Waals surface area contributed by atoms with Gasteiger partial charge >= 0.3 is 5.97 Å². The maximum absolute atomic E-state index is 11.1. The lowest BCUT2D eigenvalue weighted by Crippen LogP contribution is -2.18. The van der Waals surface area contributed by atoms with Gasteiger partial charge in [0.05, 0.1) is 5.69 Å². The topological polar surface area (TPSA) is 81.1 Å². The van der Waals surface area contributed by atoms with Crippen molar-refractivity contribution in [2.45, 2.75) is 51.6 Å². The summed E-state index contributed by atoms with van der Waals surface area (Å²) in [6.07, 6.45) is 4.59. The van der Waals surface area contributed by atoms with Crippen molar-refractivity contribution >= 4 is 5.97 Å². The van der Waals surface area contributed by atoms with Gasteiger partial charge in [-0.25, -0.2) is 9.78 Å². The van der Waals surface area contributed by atoms with Crippen LogP contribution in [-0.4, -0.2) is 26.7 Å². The quantitative estimate of drug-likeness (QED) is 0.824. The van der Waals surface area contributed by atoms with Crippen LogP contribution in [0.4, 0.5) is 0 Å². The van der Waals surface area contributed by atoms with Gasteiger partial charge in [-0.2, -0.15) is 0 Å². The van der Waals surface area contributed by atoms with E-state index in [4.69, 9.17) is 10.8 Å². The average molecular weight is 237 g/mol. The molecule has 1 aliphatic heterocycles. The Balaban J connectivity index is 2.29. The molecule has 3 N–H and O–H groups in total. The molecule has 0 aromatic carbocycles. The van der Waals surface area contributed by atoms with Gasteiger partial charge in [0.15, 0.2) is 5.69 Å². The van der Waals surface area contributed by atoms with Crippen LogP contribution in [0.5, 0.6) is 0 Å². The highest BCUT2D eigenvalue weighted by atomic mass is 16.4. The molecule has 2 rings (SSSR count). The molecule has 1 unspecified atom stereocenters. The highest BCUT2D eigenvalue weighted by Crippen LogP contribution is 2.21. The summed E-state index contributed by atoms with van der Waals surface area (Å²) >= 11 is 0. The van der Waals surface area contributed by atoms with Crippen molar-refractivity contribution in [3.63, 3.8) is 0 Å². The number of nitrogens with two attached hydrogens (primary N) is 1. The predicted octanol–water partition coefficient (Wildman–Crippen LogP) is 1.20. The van der Waals surface area contributed by atoms with Crippen LogP contribution in [0.2, 0.25) is 0 Å². The number of carboxylic acid groups (broad SMARTS) is 1. The normalized spacial score (nSPS) is 16.6. The first-order chi connectivity index (χ1) is 8.09. The van der Waals surface area contributed by atoms with Gasteiger partial charge in [-0.1, -0.05) is 0 Å². The predicted molar refractivity (Wildman–Crippen MR) is 64.1 cm³/mol. The first-order valence-corrected chi connectivity index (χ1v) is 6.16. The summed E-state index contributed by atoms with van der Waals surface area (Å²) in [5.41, 5.74) is 6.86. The molecule has 94 valence electrons. The zero-order valence-corrected chi connectivity index (χ0v) is 10.1. The lowest BCUT2D eigenvalue weighted by atomic mass is 10.1. The lowest BCUT2D eigenvalue weighted by molar-refractivity contribution is 0.0689. The molecular formula is C12H19N3O2. The molecule has 5 nitrogen and oxygen atoms in total. The van der Waals surface area contributed by atoms with Crippen LogP contribution < -0.4 is 5.73 Å². The molecule has 0 saturated heterocycles. The molecule has 0 saturated carbocycles. The number of carboxylic acids is 1. The highest BCUT2D eigenvalue weighted by Gasteiger charge is 2.23. The number of hydrogen-bond donors (Lipinski definition) is 2. The Morgan fingerprint density at radius 2 is 2.35 bits per heavy atom. The fourth-order valence-electron chi connectivity index (χ4n) is 2.34. The van der Waals surface area contributed by atoms with Gasteiger partial charge in [0.2, 0.25) is 0 Å². The van der Waals surface area contributed by atoms with Gasteiger partial charge in [-0.05, 0) is 32.6 Å². The van der Waals surface area contributed by atoms with Crippen LogP contribution in [0.15, 0.2) is 0 Å². The van der Waals surface area contributed by atoms with Gasteiger partial charge in [-0.3, -0.25) is 0 Å². The van der Waals surface area contributed by atoms with E-state index < -0.39 is 5.97 Å². The molecule has 1 atom stereocenters. The second kappa shape index (κ2) is 4.87. The van der Waals surface area contributed by atoms with Crippen LogP contribution in [-0.2, 0) is 19.4 Å². The van der Waals surface area contributed by atoms with Crippen LogP contribution in [0, 0.1) is 0 Å². The van der Waals surface area contributed by atoms with E-state index in [2.05, 4.69) is 9.55 Å². The maximum Gasteiger partial charge on any atom is 0.356 e. The highest BCUT2D eigenvalue weighted by molar-refractivity contribution is 5.86. The molecule has 0 bridgehead atoms.